The zero-order valence-electron chi connectivity index (χ0n) is 14.1. The van der Waals surface area contributed by atoms with Crippen molar-refractivity contribution in [1.82, 2.24) is 0 Å². The van der Waals surface area contributed by atoms with Crippen molar-refractivity contribution >= 4 is 5.91 Å². The van der Waals surface area contributed by atoms with Gasteiger partial charge >= 0.3 is 0 Å². The number of nitrogens with two attached hydrogens (primary N) is 1. The Bertz CT molecular complexity index is 569. The van der Waals surface area contributed by atoms with Crippen molar-refractivity contribution < 1.29 is 24.1 Å². The molecule has 0 saturated heterocycles. The van der Waals surface area contributed by atoms with Gasteiger partial charge in [0, 0.05) is 25.0 Å². The van der Waals surface area contributed by atoms with Gasteiger partial charge in [0.25, 0.3) is 5.91 Å². The summed E-state index contributed by atoms with van der Waals surface area (Å²) >= 11 is 0. The molecule has 0 aliphatic carbocycles. The lowest BCUT2D eigenvalue weighted by Crippen LogP contribution is -2.37. The summed E-state index contributed by atoms with van der Waals surface area (Å²) in [7, 11) is 1.61. The number of aliphatic hydroxyl groups is 1. The van der Waals surface area contributed by atoms with Crippen LogP contribution in [0.2, 0.25) is 0 Å². The molecule has 2 rings (SSSR count). The Labute approximate surface area is 142 Å². The summed E-state index contributed by atoms with van der Waals surface area (Å²) in [6.45, 7) is 2.43. The van der Waals surface area contributed by atoms with E-state index in [-0.39, 0.29) is 24.2 Å². The third-order valence-electron chi connectivity index (χ3n) is 4.15. The third-order valence-corrected chi connectivity index (χ3v) is 4.15. The highest BCUT2D eigenvalue weighted by molar-refractivity contribution is 5.90. The standard InChI is InChI=1S/C18H25NO5/c1-3-23-18-14(5-4-10-20)15(11-16(24-18)17(19)21)12-6-8-13(22-2)9-7-12/h6-9,11,14-15,18,20H,3-5,10H2,1-2H3,(H2,19,21)/t14-,15-,18-/m0/s1. The predicted molar refractivity (Wildman–Crippen MR) is 89.3 cm³/mol. The molecule has 1 aliphatic heterocycles. The van der Waals surface area contributed by atoms with Crippen molar-refractivity contribution in [1.29, 1.82) is 0 Å². The van der Waals surface area contributed by atoms with Crippen molar-refractivity contribution in [3.63, 3.8) is 0 Å². The van der Waals surface area contributed by atoms with Crippen molar-refractivity contribution in [2.75, 3.05) is 20.3 Å². The number of aliphatic hydroxyl groups excluding tert-OH is 1. The molecule has 1 amide bonds. The molecule has 0 fully saturated rings. The van der Waals surface area contributed by atoms with Crippen LogP contribution >= 0.6 is 0 Å². The number of methoxy groups -OCH3 is 1. The summed E-state index contributed by atoms with van der Waals surface area (Å²) in [4.78, 5) is 11.6. The van der Waals surface area contributed by atoms with Crippen LogP contribution in [0.3, 0.4) is 0 Å². The lowest BCUT2D eigenvalue weighted by Gasteiger charge is -2.36. The Hall–Kier alpha value is -2.05. The van der Waals surface area contributed by atoms with Crippen LogP contribution in [0.1, 0.15) is 31.2 Å². The van der Waals surface area contributed by atoms with Gasteiger partial charge in [0.05, 0.1) is 7.11 Å². The van der Waals surface area contributed by atoms with E-state index in [0.717, 1.165) is 11.3 Å². The molecular weight excluding hydrogens is 310 g/mol. The molecule has 0 saturated carbocycles. The minimum Gasteiger partial charge on any atom is -0.497 e. The largest absolute Gasteiger partial charge is 0.497 e. The van der Waals surface area contributed by atoms with Gasteiger partial charge in [0.1, 0.15) is 5.75 Å². The number of allylic oxidation sites excluding steroid dienone is 1. The molecule has 1 aliphatic rings. The monoisotopic (exact) mass is 335 g/mol. The number of benzene rings is 1. The number of hydrogen-bond donors (Lipinski definition) is 2. The lowest BCUT2D eigenvalue weighted by molar-refractivity contribution is -0.165. The lowest BCUT2D eigenvalue weighted by atomic mass is 9.80. The van der Waals surface area contributed by atoms with Gasteiger partial charge in [-0.15, -0.1) is 0 Å². The van der Waals surface area contributed by atoms with E-state index in [1.165, 1.54) is 0 Å². The van der Waals surface area contributed by atoms with Crippen LogP contribution in [0.25, 0.3) is 0 Å². The summed E-state index contributed by atoms with van der Waals surface area (Å²) in [6, 6.07) is 7.67. The zero-order chi connectivity index (χ0) is 17.5. The van der Waals surface area contributed by atoms with E-state index in [9.17, 15) is 9.90 Å². The third kappa shape index (κ3) is 4.27. The first-order chi connectivity index (χ1) is 11.6. The quantitative estimate of drug-likeness (QED) is 0.757. The molecule has 6 nitrogen and oxygen atoms in total. The summed E-state index contributed by atoms with van der Waals surface area (Å²) < 4.78 is 16.5. The maximum Gasteiger partial charge on any atom is 0.283 e. The minimum absolute atomic E-state index is 0.0198. The van der Waals surface area contributed by atoms with Crippen LogP contribution in [0, 0.1) is 5.92 Å². The molecule has 0 aromatic heterocycles. The fourth-order valence-electron chi connectivity index (χ4n) is 2.98. The van der Waals surface area contributed by atoms with E-state index < -0.39 is 12.2 Å². The van der Waals surface area contributed by atoms with Crippen molar-refractivity contribution in [3.8, 4) is 5.75 Å². The van der Waals surface area contributed by atoms with Crippen LogP contribution in [0.5, 0.6) is 5.75 Å². The molecule has 0 unspecified atom stereocenters. The average Bonchev–Trinajstić information content (AvgIpc) is 2.60. The first kappa shape index (κ1) is 18.3. The Morgan fingerprint density at radius 1 is 1.33 bits per heavy atom. The number of primary amides is 1. The number of amides is 1. The second-order valence-corrected chi connectivity index (χ2v) is 5.67. The maximum atomic E-state index is 11.6. The molecule has 24 heavy (non-hydrogen) atoms. The summed E-state index contributed by atoms with van der Waals surface area (Å²) in [6.07, 6.45) is 2.52. The highest BCUT2D eigenvalue weighted by atomic mass is 16.7. The summed E-state index contributed by atoms with van der Waals surface area (Å²) in [5.41, 5.74) is 6.43. The Morgan fingerprint density at radius 3 is 2.58 bits per heavy atom. The highest BCUT2D eigenvalue weighted by Gasteiger charge is 2.37. The Balaban J connectivity index is 2.37. The predicted octanol–water partition coefficient (Wildman–Crippen LogP) is 1.93. The van der Waals surface area contributed by atoms with Crippen LogP contribution in [0.4, 0.5) is 0 Å². The van der Waals surface area contributed by atoms with E-state index in [0.29, 0.717) is 19.4 Å². The minimum atomic E-state index is -0.612. The van der Waals surface area contributed by atoms with Crippen LogP contribution in [-0.4, -0.2) is 37.6 Å². The number of carbonyl (C=O) groups excluding carboxylic acids is 1. The molecule has 132 valence electrons. The molecule has 0 radical (unpaired) electrons. The smallest absolute Gasteiger partial charge is 0.283 e. The van der Waals surface area contributed by atoms with Gasteiger partial charge in [-0.3, -0.25) is 4.79 Å². The van der Waals surface area contributed by atoms with E-state index in [1.807, 2.05) is 31.2 Å². The van der Waals surface area contributed by atoms with Gasteiger partial charge in [0.15, 0.2) is 5.76 Å². The van der Waals surface area contributed by atoms with Crippen molar-refractivity contribution in [3.05, 3.63) is 41.7 Å². The van der Waals surface area contributed by atoms with Gasteiger partial charge in [-0.2, -0.15) is 0 Å². The first-order valence-electron chi connectivity index (χ1n) is 8.15. The van der Waals surface area contributed by atoms with E-state index >= 15 is 0 Å². The van der Waals surface area contributed by atoms with Gasteiger partial charge in [-0.1, -0.05) is 12.1 Å². The van der Waals surface area contributed by atoms with Gasteiger partial charge < -0.3 is 25.1 Å². The van der Waals surface area contributed by atoms with E-state index in [4.69, 9.17) is 19.9 Å². The average molecular weight is 335 g/mol. The molecule has 3 N–H and O–H groups in total. The fraction of sp³-hybridized carbons (Fsp3) is 0.500. The highest BCUT2D eigenvalue weighted by Crippen LogP contribution is 2.39. The fourth-order valence-corrected chi connectivity index (χ4v) is 2.98. The molecule has 6 heteroatoms. The molecular formula is C18H25NO5. The van der Waals surface area contributed by atoms with Gasteiger partial charge in [0.2, 0.25) is 6.29 Å². The zero-order valence-corrected chi connectivity index (χ0v) is 14.1. The Kier molecular flexibility index (Phi) is 6.63. The first-order valence-corrected chi connectivity index (χ1v) is 8.15. The number of rotatable bonds is 8. The summed E-state index contributed by atoms with van der Waals surface area (Å²) in [5.74, 6) is 0.162. The second-order valence-electron chi connectivity index (χ2n) is 5.67. The van der Waals surface area contributed by atoms with E-state index in [1.54, 1.807) is 13.2 Å². The normalized spacial score (nSPS) is 23.3. The number of carbonyl (C=O) groups is 1. The van der Waals surface area contributed by atoms with E-state index in [2.05, 4.69) is 0 Å². The van der Waals surface area contributed by atoms with Gasteiger partial charge in [-0.05, 0) is 43.5 Å². The second kappa shape index (κ2) is 8.70. The number of hydrogen-bond acceptors (Lipinski definition) is 5. The number of ether oxygens (including phenoxy) is 3. The maximum absolute atomic E-state index is 11.6. The van der Waals surface area contributed by atoms with Crippen molar-refractivity contribution in [2.24, 2.45) is 11.7 Å². The van der Waals surface area contributed by atoms with Crippen LogP contribution < -0.4 is 10.5 Å². The molecule has 3 atom stereocenters. The molecule has 0 spiro atoms. The Morgan fingerprint density at radius 2 is 2.04 bits per heavy atom. The van der Waals surface area contributed by atoms with Crippen LogP contribution in [-0.2, 0) is 14.3 Å². The summed E-state index contributed by atoms with van der Waals surface area (Å²) in [5, 5.41) is 9.19. The molecule has 0 bridgehead atoms. The van der Waals surface area contributed by atoms with Crippen LogP contribution in [0.15, 0.2) is 36.1 Å². The molecule has 1 aromatic carbocycles. The van der Waals surface area contributed by atoms with Crippen molar-refractivity contribution in [2.45, 2.75) is 32.0 Å². The topological polar surface area (TPSA) is 91.0 Å². The SMILES string of the molecule is CCO[C@H]1OC(C(N)=O)=C[C@@H](c2ccc(OC)cc2)[C@@H]1CCCO. The molecule has 1 heterocycles. The molecule has 1 aromatic rings. The van der Waals surface area contributed by atoms with Gasteiger partial charge in [-0.25, -0.2) is 0 Å².